The maximum atomic E-state index is 14.1. The number of benzene rings is 3. The molecule has 0 radical (unpaired) electrons. The highest BCUT2D eigenvalue weighted by Gasteiger charge is 2.30. The van der Waals surface area contributed by atoms with Gasteiger partial charge in [0, 0.05) is 5.69 Å². The fourth-order valence-electron chi connectivity index (χ4n) is 4.68. The molecule has 0 spiro atoms. The summed E-state index contributed by atoms with van der Waals surface area (Å²) in [6.45, 7) is 10.4. The highest BCUT2D eigenvalue weighted by atomic mass is 19.4. The molecule has 3 rings (SSSR count). The quantitative estimate of drug-likeness (QED) is 0.201. The second kappa shape index (κ2) is 12.3. The van der Waals surface area contributed by atoms with Crippen LogP contribution in [0.5, 0.6) is 0 Å². The van der Waals surface area contributed by atoms with Crippen molar-refractivity contribution in [2.45, 2.75) is 72.0 Å². The van der Waals surface area contributed by atoms with Crippen molar-refractivity contribution in [2.24, 2.45) is 11.8 Å². The molecule has 2 atom stereocenters. The molecule has 1 N–H and O–H groups in total. The number of nitrogens with one attached hydrogen (secondary N) is 1. The topological polar surface area (TPSA) is 12.0 Å². The molecule has 7 heteroatoms. The molecule has 0 bridgehead atoms. The van der Waals surface area contributed by atoms with Crippen molar-refractivity contribution in [3.8, 4) is 11.1 Å². The molecular formula is C31H35F6N. The van der Waals surface area contributed by atoms with E-state index in [1.165, 1.54) is 12.1 Å². The van der Waals surface area contributed by atoms with Gasteiger partial charge in [0.1, 0.15) is 0 Å². The Kier molecular flexibility index (Phi) is 9.55. The minimum absolute atomic E-state index is 0.166. The number of alkyl halides is 3. The predicted octanol–water partition coefficient (Wildman–Crippen LogP) is 10.5. The third-order valence-electron chi connectivity index (χ3n) is 6.68. The Balaban J connectivity index is 2.06. The summed E-state index contributed by atoms with van der Waals surface area (Å²) in [6, 6.07) is 12.3. The van der Waals surface area contributed by atoms with Crippen LogP contribution in [0.1, 0.15) is 82.5 Å². The predicted molar refractivity (Wildman–Crippen MR) is 142 cm³/mol. The van der Waals surface area contributed by atoms with E-state index < -0.39 is 35.2 Å². The summed E-state index contributed by atoms with van der Waals surface area (Å²) < 4.78 is 81.2. The molecule has 0 amide bonds. The normalized spacial score (nSPS) is 13.7. The fourth-order valence-corrected chi connectivity index (χ4v) is 4.68. The van der Waals surface area contributed by atoms with Gasteiger partial charge in [-0.2, -0.15) is 13.2 Å². The minimum Gasteiger partial charge on any atom is -0.378 e. The zero-order chi connectivity index (χ0) is 28.2. The van der Waals surface area contributed by atoms with Crippen molar-refractivity contribution in [1.29, 1.82) is 0 Å². The zero-order valence-corrected chi connectivity index (χ0v) is 22.4. The average Bonchev–Trinajstić information content (AvgIpc) is 2.83. The van der Waals surface area contributed by atoms with Crippen LogP contribution in [0.3, 0.4) is 0 Å². The first kappa shape index (κ1) is 29.6. The molecule has 0 aliphatic carbocycles. The van der Waals surface area contributed by atoms with Gasteiger partial charge in [0.05, 0.1) is 11.6 Å². The second-order valence-corrected chi connectivity index (χ2v) is 10.9. The number of hydrogen-bond acceptors (Lipinski definition) is 1. The van der Waals surface area contributed by atoms with Gasteiger partial charge in [-0.05, 0) is 95.7 Å². The number of hydrogen-bond donors (Lipinski definition) is 1. The summed E-state index contributed by atoms with van der Waals surface area (Å²) in [5.74, 6) is -3.08. The lowest BCUT2D eigenvalue weighted by atomic mass is 9.89. The van der Waals surface area contributed by atoms with Gasteiger partial charge < -0.3 is 5.32 Å². The fraction of sp³-hybridized carbons (Fsp3) is 0.419. The second-order valence-electron chi connectivity index (χ2n) is 10.9. The lowest BCUT2D eigenvalue weighted by Crippen LogP contribution is -2.14. The molecule has 3 aromatic rings. The van der Waals surface area contributed by atoms with Crippen LogP contribution in [0.25, 0.3) is 11.1 Å². The Morgan fingerprint density at radius 3 is 1.82 bits per heavy atom. The lowest BCUT2D eigenvalue weighted by Gasteiger charge is -2.24. The Morgan fingerprint density at radius 1 is 0.684 bits per heavy atom. The Bertz CT molecular complexity index is 1190. The minimum atomic E-state index is -4.43. The van der Waals surface area contributed by atoms with Gasteiger partial charge in [0.2, 0.25) is 0 Å². The molecule has 0 saturated carbocycles. The SMILES string of the molecule is CC(C)CCC(Nc1cc(-c2ccc(C(F)(F)F)cc2)cc(C(C)CC(C)C)c1)c1cc(F)c(F)c(F)c1. The van der Waals surface area contributed by atoms with E-state index in [1.54, 1.807) is 0 Å². The number of anilines is 1. The smallest absolute Gasteiger partial charge is 0.378 e. The number of rotatable bonds is 10. The monoisotopic (exact) mass is 535 g/mol. The summed E-state index contributed by atoms with van der Waals surface area (Å²) >= 11 is 0. The van der Waals surface area contributed by atoms with Crippen molar-refractivity contribution in [1.82, 2.24) is 0 Å². The molecule has 3 aromatic carbocycles. The Labute approximate surface area is 221 Å². The Hall–Kier alpha value is -2.96. The van der Waals surface area contributed by atoms with Gasteiger partial charge >= 0.3 is 6.18 Å². The van der Waals surface area contributed by atoms with Gasteiger partial charge in [0.15, 0.2) is 17.5 Å². The first-order valence-corrected chi connectivity index (χ1v) is 13.0. The average molecular weight is 536 g/mol. The van der Waals surface area contributed by atoms with E-state index in [4.69, 9.17) is 0 Å². The molecule has 0 aliphatic rings. The van der Waals surface area contributed by atoms with E-state index >= 15 is 0 Å². The maximum absolute atomic E-state index is 14.1. The molecule has 206 valence electrons. The molecule has 0 aliphatic heterocycles. The van der Waals surface area contributed by atoms with E-state index in [0.29, 0.717) is 35.1 Å². The third kappa shape index (κ3) is 7.78. The van der Waals surface area contributed by atoms with Gasteiger partial charge in [-0.15, -0.1) is 0 Å². The van der Waals surface area contributed by atoms with Gasteiger partial charge in [-0.3, -0.25) is 0 Å². The third-order valence-corrected chi connectivity index (χ3v) is 6.68. The van der Waals surface area contributed by atoms with E-state index in [2.05, 4.69) is 26.1 Å². The highest BCUT2D eigenvalue weighted by molar-refractivity contribution is 5.70. The summed E-state index contributed by atoms with van der Waals surface area (Å²) in [7, 11) is 0. The molecule has 0 aromatic heterocycles. The van der Waals surface area contributed by atoms with Gasteiger partial charge in [0.25, 0.3) is 0 Å². The standard InChI is InChI=1S/C31H35F6N/c1-18(2)6-11-29(24-16-27(32)30(34)28(33)17-24)38-26-14-22(20(5)12-19(3)4)13-23(15-26)21-7-9-25(10-8-21)31(35,36)37/h7-10,13-20,29,38H,6,11-12H2,1-5H3. The molecule has 0 heterocycles. The van der Waals surface area contributed by atoms with Crippen molar-refractivity contribution >= 4 is 5.69 Å². The van der Waals surface area contributed by atoms with E-state index in [9.17, 15) is 26.3 Å². The molecule has 0 saturated heterocycles. The molecule has 1 nitrogen and oxygen atoms in total. The summed E-state index contributed by atoms with van der Waals surface area (Å²) in [6.07, 6.45) is -2.22. The zero-order valence-electron chi connectivity index (χ0n) is 22.4. The molecular weight excluding hydrogens is 500 g/mol. The highest BCUT2D eigenvalue weighted by Crippen LogP contribution is 2.36. The first-order valence-electron chi connectivity index (χ1n) is 13.0. The largest absolute Gasteiger partial charge is 0.416 e. The summed E-state index contributed by atoms with van der Waals surface area (Å²) in [4.78, 5) is 0. The van der Waals surface area contributed by atoms with Crippen LogP contribution in [0, 0.1) is 29.3 Å². The summed E-state index contributed by atoms with van der Waals surface area (Å²) in [5.41, 5.74) is 2.59. The van der Waals surface area contributed by atoms with E-state index in [-0.39, 0.29) is 5.92 Å². The molecule has 38 heavy (non-hydrogen) atoms. The number of halogens is 6. The van der Waals surface area contributed by atoms with Crippen LogP contribution in [0.15, 0.2) is 54.6 Å². The van der Waals surface area contributed by atoms with Gasteiger partial charge in [-0.1, -0.05) is 52.8 Å². The van der Waals surface area contributed by atoms with E-state index in [1.807, 2.05) is 32.0 Å². The van der Waals surface area contributed by atoms with Crippen LogP contribution < -0.4 is 5.32 Å². The molecule has 2 unspecified atom stereocenters. The van der Waals surface area contributed by atoms with E-state index in [0.717, 1.165) is 48.2 Å². The maximum Gasteiger partial charge on any atom is 0.416 e. The van der Waals surface area contributed by atoms with Crippen LogP contribution in [0.4, 0.5) is 32.0 Å². The van der Waals surface area contributed by atoms with Crippen LogP contribution >= 0.6 is 0 Å². The lowest BCUT2D eigenvalue weighted by molar-refractivity contribution is -0.137. The van der Waals surface area contributed by atoms with Crippen molar-refractivity contribution in [3.05, 3.63) is 88.7 Å². The summed E-state index contributed by atoms with van der Waals surface area (Å²) in [5, 5.41) is 3.38. The van der Waals surface area contributed by atoms with Gasteiger partial charge in [-0.25, -0.2) is 13.2 Å². The van der Waals surface area contributed by atoms with Crippen molar-refractivity contribution < 1.29 is 26.3 Å². The molecule has 0 fully saturated rings. The van der Waals surface area contributed by atoms with Crippen molar-refractivity contribution in [2.75, 3.05) is 5.32 Å². The van der Waals surface area contributed by atoms with Crippen LogP contribution in [0.2, 0.25) is 0 Å². The first-order chi connectivity index (χ1) is 17.7. The van der Waals surface area contributed by atoms with Crippen molar-refractivity contribution in [3.63, 3.8) is 0 Å². The Morgan fingerprint density at radius 2 is 1.29 bits per heavy atom. The van der Waals surface area contributed by atoms with Crippen LogP contribution in [-0.2, 0) is 6.18 Å². The van der Waals surface area contributed by atoms with Crippen LogP contribution in [-0.4, -0.2) is 0 Å².